The number of phosphoric ester groups is 1. The predicted molar refractivity (Wildman–Crippen MR) is 85.5 cm³/mol. The van der Waals surface area contributed by atoms with Gasteiger partial charge in [0.15, 0.2) is 23.5 Å². The number of ketones is 1. The first-order valence-corrected chi connectivity index (χ1v) is 9.23. The van der Waals surface area contributed by atoms with Crippen molar-refractivity contribution < 1.29 is 48.2 Å². The van der Waals surface area contributed by atoms with Gasteiger partial charge in [0.25, 0.3) is 0 Å². The summed E-state index contributed by atoms with van der Waals surface area (Å²) in [5.74, 6) is -2.64. The monoisotopic (exact) mass is 418 g/mol. The second kappa shape index (κ2) is 7.50. The maximum atomic E-state index is 11.6. The van der Waals surface area contributed by atoms with Crippen LogP contribution in [0.2, 0.25) is 0 Å². The smallest absolute Gasteiger partial charge is 0.469 e. The molecule has 2 aromatic rings. The number of hydrogen-bond acceptors (Lipinski definition) is 11. The number of fused-ring (bicyclic) bond motifs is 1. The van der Waals surface area contributed by atoms with Crippen molar-refractivity contribution in [3.63, 3.8) is 0 Å². The number of hydrogen-bond donors (Lipinski definition) is 4. The molecule has 0 bridgehead atoms. The van der Waals surface area contributed by atoms with Crippen LogP contribution in [-0.4, -0.2) is 76.2 Å². The molecule has 15 heteroatoms. The van der Waals surface area contributed by atoms with Gasteiger partial charge in [0.05, 0.1) is 12.9 Å². The summed E-state index contributed by atoms with van der Waals surface area (Å²) < 4.78 is 27.0. The molecule has 1 saturated heterocycles. The number of phosphoric acid groups is 1. The molecule has 0 saturated carbocycles. The largest absolute Gasteiger partial charge is 0.492 e. The van der Waals surface area contributed by atoms with Crippen LogP contribution in [0.1, 0.15) is 13.2 Å². The Bertz CT molecular complexity index is 958. The van der Waals surface area contributed by atoms with Gasteiger partial charge >= 0.3 is 13.8 Å². The van der Waals surface area contributed by atoms with Gasteiger partial charge in [-0.3, -0.25) is 13.9 Å². The Labute approximate surface area is 155 Å². The average Bonchev–Trinajstić information content (AvgIpc) is 3.15. The first-order chi connectivity index (χ1) is 13.1. The lowest BCUT2D eigenvalue weighted by atomic mass is 10.1. The van der Waals surface area contributed by atoms with Crippen molar-refractivity contribution in [2.75, 3.05) is 6.61 Å². The van der Waals surface area contributed by atoms with E-state index in [4.69, 9.17) is 19.3 Å². The molecule has 1 fully saturated rings. The van der Waals surface area contributed by atoms with Crippen molar-refractivity contribution in [2.24, 2.45) is 0 Å². The molecule has 152 valence electrons. The molecule has 0 aromatic carbocycles. The Morgan fingerprint density at radius 1 is 1.32 bits per heavy atom. The van der Waals surface area contributed by atoms with Crippen molar-refractivity contribution >= 4 is 30.7 Å². The van der Waals surface area contributed by atoms with Crippen LogP contribution in [0.15, 0.2) is 12.7 Å². The van der Waals surface area contributed by atoms with Crippen LogP contribution in [0.4, 0.5) is 0 Å². The number of carbonyl (C=O) groups is 2. The van der Waals surface area contributed by atoms with Crippen LogP contribution in [-0.2, 0) is 28.2 Å². The fraction of sp³-hybridized carbons (Fsp3) is 0.462. The zero-order valence-electron chi connectivity index (χ0n) is 14.1. The number of aromatic hydroxyl groups is 1. The molecule has 3 rings (SSSR count). The molecule has 0 unspecified atom stereocenters. The molecule has 2 aromatic heterocycles. The fourth-order valence-electron chi connectivity index (χ4n) is 2.63. The first kappa shape index (κ1) is 20.3. The molecule has 1 aliphatic rings. The standard InChI is InChI=1S/C13H15N4O10P/c1-5(18)13(21)27-9-6(2-25-28(22,23)24)26-12(8(9)19)17-4-16-7-10(17)14-3-15-11(7)20/h3-4,6,8-9,12,19H,2H2,1H3,(H,14,15,20)(H2,22,23,24)/t6-,8-,9-,12-/m1/s1. The maximum Gasteiger partial charge on any atom is 0.469 e. The van der Waals surface area contributed by atoms with Crippen LogP contribution in [0.3, 0.4) is 0 Å². The zero-order chi connectivity index (χ0) is 20.6. The van der Waals surface area contributed by atoms with Gasteiger partial charge in [0.2, 0.25) is 11.7 Å². The number of aliphatic hydroxyl groups is 1. The van der Waals surface area contributed by atoms with Crippen LogP contribution < -0.4 is 0 Å². The molecule has 4 N–H and O–H groups in total. The summed E-state index contributed by atoms with van der Waals surface area (Å²) in [6.07, 6.45) is -3.47. The van der Waals surface area contributed by atoms with E-state index in [1.807, 2.05) is 0 Å². The lowest BCUT2D eigenvalue weighted by Gasteiger charge is -2.20. The molecule has 0 spiro atoms. The highest BCUT2D eigenvalue weighted by Gasteiger charge is 2.48. The SMILES string of the molecule is CC(=O)C(=O)O[C@H]1[C@@H](O)[C@H](n2cnc3c(O)ncnc32)O[C@@H]1COP(=O)(O)O. The van der Waals surface area contributed by atoms with Crippen molar-refractivity contribution in [1.29, 1.82) is 0 Å². The van der Waals surface area contributed by atoms with E-state index in [1.54, 1.807) is 0 Å². The molecule has 14 nitrogen and oxygen atoms in total. The van der Waals surface area contributed by atoms with E-state index in [9.17, 15) is 24.4 Å². The van der Waals surface area contributed by atoms with Gasteiger partial charge in [-0.15, -0.1) is 0 Å². The van der Waals surface area contributed by atoms with E-state index >= 15 is 0 Å². The zero-order valence-corrected chi connectivity index (χ0v) is 15.0. The fourth-order valence-corrected chi connectivity index (χ4v) is 2.97. The minimum absolute atomic E-state index is 0.00509. The molecule has 4 atom stereocenters. The van der Waals surface area contributed by atoms with E-state index in [-0.39, 0.29) is 11.2 Å². The second-order valence-electron chi connectivity index (χ2n) is 5.79. The number of imidazole rings is 1. The highest BCUT2D eigenvalue weighted by molar-refractivity contribution is 7.46. The Kier molecular flexibility index (Phi) is 5.43. The molecule has 0 radical (unpaired) electrons. The normalized spacial score (nSPS) is 25.1. The van der Waals surface area contributed by atoms with E-state index in [2.05, 4.69) is 19.5 Å². The quantitative estimate of drug-likeness (QED) is 0.237. The number of Topliss-reactive ketones (excluding diaryl/α,β-unsaturated/α-hetero) is 1. The van der Waals surface area contributed by atoms with Crippen molar-refractivity contribution in [3.05, 3.63) is 12.7 Å². The number of aromatic nitrogens is 4. The van der Waals surface area contributed by atoms with Crippen molar-refractivity contribution in [2.45, 2.75) is 31.5 Å². The Morgan fingerprint density at radius 2 is 2.04 bits per heavy atom. The Hall–Kier alpha value is -2.48. The lowest BCUT2D eigenvalue weighted by Crippen LogP contribution is -2.39. The molecule has 1 aliphatic heterocycles. The number of carbonyl (C=O) groups excluding carboxylic acids is 2. The van der Waals surface area contributed by atoms with Crippen molar-refractivity contribution in [1.82, 2.24) is 19.5 Å². The lowest BCUT2D eigenvalue weighted by molar-refractivity contribution is -0.162. The van der Waals surface area contributed by atoms with Crippen molar-refractivity contribution in [3.8, 4) is 5.88 Å². The summed E-state index contributed by atoms with van der Waals surface area (Å²) in [4.78, 5) is 51.9. The summed E-state index contributed by atoms with van der Waals surface area (Å²) in [5, 5.41) is 20.3. The highest BCUT2D eigenvalue weighted by atomic mass is 31.2. The molecule has 0 aliphatic carbocycles. The molecule has 3 heterocycles. The summed E-state index contributed by atoms with van der Waals surface area (Å²) in [6.45, 7) is 0.201. The van der Waals surface area contributed by atoms with Gasteiger partial charge in [-0.2, -0.15) is 4.98 Å². The summed E-state index contributed by atoms with van der Waals surface area (Å²) in [7, 11) is -4.89. The maximum absolute atomic E-state index is 11.6. The van der Waals surface area contributed by atoms with E-state index in [1.165, 1.54) is 10.9 Å². The van der Waals surface area contributed by atoms with Crippen LogP contribution in [0.5, 0.6) is 5.88 Å². The molecule has 0 amide bonds. The van der Waals surface area contributed by atoms with Crippen LogP contribution in [0.25, 0.3) is 11.2 Å². The van der Waals surface area contributed by atoms with Gasteiger partial charge in [0, 0.05) is 6.92 Å². The third kappa shape index (κ3) is 4.01. The number of esters is 1. The molecule has 28 heavy (non-hydrogen) atoms. The third-order valence-electron chi connectivity index (χ3n) is 3.86. The number of aliphatic hydroxyl groups excluding tert-OH is 1. The topological polar surface area (TPSA) is 203 Å². The van der Waals surface area contributed by atoms with Gasteiger partial charge < -0.3 is 29.5 Å². The minimum atomic E-state index is -4.89. The average molecular weight is 418 g/mol. The second-order valence-corrected chi connectivity index (χ2v) is 7.03. The van der Waals surface area contributed by atoms with Gasteiger partial charge in [-0.1, -0.05) is 0 Å². The summed E-state index contributed by atoms with van der Waals surface area (Å²) >= 11 is 0. The van der Waals surface area contributed by atoms with Gasteiger partial charge in [-0.05, 0) is 0 Å². The number of ether oxygens (including phenoxy) is 2. The van der Waals surface area contributed by atoms with E-state index in [0.717, 1.165) is 13.3 Å². The predicted octanol–water partition coefficient (Wildman–Crippen LogP) is -1.60. The Balaban J connectivity index is 1.91. The number of rotatable bonds is 6. The minimum Gasteiger partial charge on any atom is -0.492 e. The summed E-state index contributed by atoms with van der Waals surface area (Å²) in [6, 6.07) is 0. The molecular weight excluding hydrogens is 403 g/mol. The van der Waals surface area contributed by atoms with Crippen LogP contribution >= 0.6 is 7.82 Å². The number of nitrogens with zero attached hydrogens (tertiary/aromatic N) is 4. The summed E-state index contributed by atoms with van der Waals surface area (Å²) in [5.41, 5.74) is 0.0789. The highest BCUT2D eigenvalue weighted by Crippen LogP contribution is 2.39. The van der Waals surface area contributed by atoms with Crippen LogP contribution in [0, 0.1) is 0 Å². The first-order valence-electron chi connectivity index (χ1n) is 7.70. The third-order valence-corrected chi connectivity index (χ3v) is 4.35. The van der Waals surface area contributed by atoms with Gasteiger partial charge in [-0.25, -0.2) is 19.3 Å². The molecular formula is C13H15N4O10P. The van der Waals surface area contributed by atoms with E-state index < -0.39 is 56.6 Å². The Morgan fingerprint density at radius 3 is 2.68 bits per heavy atom. The van der Waals surface area contributed by atoms with Gasteiger partial charge in [0.1, 0.15) is 18.5 Å². The van der Waals surface area contributed by atoms with E-state index in [0.29, 0.717) is 0 Å².